The number of unbranched alkanes of at least 4 members (excludes halogenated alkanes) is 8. The van der Waals surface area contributed by atoms with Gasteiger partial charge in [0.25, 0.3) is 20.2 Å². The maximum Gasteiger partial charge on any atom is 0.296 e. The summed E-state index contributed by atoms with van der Waals surface area (Å²) in [6, 6.07) is 11.3. The lowest BCUT2D eigenvalue weighted by atomic mass is 10.00. The maximum atomic E-state index is 12.1. The van der Waals surface area contributed by atoms with Crippen LogP contribution in [-0.2, 0) is 26.7 Å². The highest BCUT2D eigenvalue weighted by Gasteiger charge is 2.30. The summed E-state index contributed by atoms with van der Waals surface area (Å²) >= 11 is 0. The minimum Gasteiger partial charge on any atom is -0.282 e. The molecular weight excluding hydrogens is 436 g/mol. The van der Waals surface area contributed by atoms with E-state index in [0.717, 1.165) is 19.3 Å². The van der Waals surface area contributed by atoms with Crippen molar-refractivity contribution in [3.05, 3.63) is 48.0 Å². The molecule has 0 amide bonds. The van der Waals surface area contributed by atoms with Gasteiger partial charge in [-0.2, -0.15) is 16.8 Å². The van der Waals surface area contributed by atoms with Gasteiger partial charge in [0.05, 0.1) is 0 Å². The van der Waals surface area contributed by atoms with Crippen LogP contribution < -0.4 is 0 Å². The van der Waals surface area contributed by atoms with Gasteiger partial charge in [-0.05, 0) is 24.0 Å². The first kappa shape index (κ1) is 25.5. The van der Waals surface area contributed by atoms with E-state index in [1.807, 2.05) is 0 Å². The first-order chi connectivity index (χ1) is 14.7. The number of rotatable bonds is 13. The normalized spacial score (nSPS) is 12.2. The Morgan fingerprint density at radius 3 is 1.68 bits per heavy atom. The molecule has 0 atom stereocenters. The summed E-state index contributed by atoms with van der Waals surface area (Å²) < 4.78 is 68.2. The quantitative estimate of drug-likeness (QED) is 0.279. The lowest BCUT2D eigenvalue weighted by Gasteiger charge is -2.15. The van der Waals surface area contributed by atoms with Crippen LogP contribution >= 0.6 is 0 Å². The van der Waals surface area contributed by atoms with Gasteiger partial charge in [-0.3, -0.25) is 9.11 Å². The van der Waals surface area contributed by atoms with Gasteiger partial charge < -0.3 is 0 Å². The molecule has 0 bridgehead atoms. The standard InChI is InChI=1S/C23H32O6S2/c1-2-3-4-5-6-7-8-9-11-16-20-17-18-21(19-14-12-10-13-15-19)23(31(27,28)29)22(20)30(24,25)26/h10,12-15,17-18H,2-9,11,16H2,1H3,(H,24,25,26)(H,27,28,29). The van der Waals surface area contributed by atoms with E-state index in [-0.39, 0.29) is 11.1 Å². The van der Waals surface area contributed by atoms with E-state index < -0.39 is 30.0 Å². The molecule has 0 radical (unpaired) electrons. The molecular formula is C23H32O6S2. The fraction of sp³-hybridized carbons (Fsp3) is 0.478. The Kier molecular flexibility index (Phi) is 9.68. The number of hydrogen-bond donors (Lipinski definition) is 2. The van der Waals surface area contributed by atoms with Crippen LogP contribution in [0, 0.1) is 0 Å². The van der Waals surface area contributed by atoms with Crippen LogP contribution in [0.5, 0.6) is 0 Å². The first-order valence-corrected chi connectivity index (χ1v) is 13.7. The molecule has 2 aromatic rings. The van der Waals surface area contributed by atoms with Gasteiger partial charge in [-0.25, -0.2) is 0 Å². The molecule has 0 aromatic heterocycles. The minimum absolute atomic E-state index is 0.0338. The molecule has 2 N–H and O–H groups in total. The molecule has 2 aromatic carbocycles. The molecule has 31 heavy (non-hydrogen) atoms. The summed E-state index contributed by atoms with van der Waals surface area (Å²) in [7, 11) is -9.78. The monoisotopic (exact) mass is 468 g/mol. The fourth-order valence-electron chi connectivity index (χ4n) is 3.81. The Labute approximate surface area is 186 Å². The molecule has 172 valence electrons. The molecule has 0 saturated heterocycles. The highest BCUT2D eigenvalue weighted by molar-refractivity contribution is 7.89. The summed E-state index contributed by atoms with van der Waals surface area (Å²) in [5.41, 5.74) is 0.652. The van der Waals surface area contributed by atoms with Gasteiger partial charge in [-0.1, -0.05) is 101 Å². The van der Waals surface area contributed by atoms with E-state index in [0.29, 0.717) is 18.4 Å². The van der Waals surface area contributed by atoms with Crippen LogP contribution in [-0.4, -0.2) is 25.9 Å². The highest BCUT2D eigenvalue weighted by Crippen LogP contribution is 2.35. The molecule has 0 unspecified atom stereocenters. The highest BCUT2D eigenvalue weighted by atomic mass is 32.2. The zero-order chi connectivity index (χ0) is 22.9. The number of benzene rings is 2. The zero-order valence-electron chi connectivity index (χ0n) is 18.0. The van der Waals surface area contributed by atoms with Crippen LogP contribution in [0.25, 0.3) is 11.1 Å². The first-order valence-electron chi connectivity index (χ1n) is 10.8. The fourth-order valence-corrected chi connectivity index (χ4v) is 6.12. The van der Waals surface area contributed by atoms with Gasteiger partial charge >= 0.3 is 0 Å². The van der Waals surface area contributed by atoms with E-state index in [4.69, 9.17) is 0 Å². The van der Waals surface area contributed by atoms with Crippen molar-refractivity contribution in [2.45, 2.75) is 80.9 Å². The molecule has 0 aliphatic rings. The van der Waals surface area contributed by atoms with Gasteiger partial charge in [0.15, 0.2) is 0 Å². The Balaban J connectivity index is 2.23. The average molecular weight is 469 g/mol. The molecule has 2 rings (SSSR count). The predicted molar refractivity (Wildman–Crippen MR) is 122 cm³/mol. The second kappa shape index (κ2) is 11.8. The zero-order valence-corrected chi connectivity index (χ0v) is 19.6. The van der Waals surface area contributed by atoms with Crippen LogP contribution in [0.2, 0.25) is 0 Å². The Morgan fingerprint density at radius 1 is 0.645 bits per heavy atom. The Hall–Kier alpha value is -1.74. The Morgan fingerprint density at radius 2 is 1.16 bits per heavy atom. The van der Waals surface area contributed by atoms with E-state index in [2.05, 4.69) is 6.92 Å². The van der Waals surface area contributed by atoms with Crippen molar-refractivity contribution in [1.29, 1.82) is 0 Å². The van der Waals surface area contributed by atoms with E-state index in [1.165, 1.54) is 44.2 Å². The van der Waals surface area contributed by atoms with Crippen molar-refractivity contribution in [3.63, 3.8) is 0 Å². The van der Waals surface area contributed by atoms with Crippen molar-refractivity contribution in [2.24, 2.45) is 0 Å². The Bertz CT molecular complexity index is 1040. The third-order valence-corrected chi connectivity index (χ3v) is 7.40. The van der Waals surface area contributed by atoms with Crippen molar-refractivity contribution in [3.8, 4) is 11.1 Å². The summed E-state index contributed by atoms with van der Waals surface area (Å²) in [5, 5.41) is 0. The van der Waals surface area contributed by atoms with Crippen LogP contribution in [0.15, 0.2) is 52.3 Å². The largest absolute Gasteiger partial charge is 0.296 e. The molecule has 0 fully saturated rings. The van der Waals surface area contributed by atoms with Gasteiger partial charge in [-0.15, -0.1) is 0 Å². The number of hydrogen-bond acceptors (Lipinski definition) is 4. The van der Waals surface area contributed by atoms with Crippen LogP contribution in [0.1, 0.15) is 70.3 Å². The second-order valence-corrected chi connectivity index (χ2v) is 10.5. The minimum atomic E-state index is -4.91. The average Bonchev–Trinajstić information content (AvgIpc) is 2.71. The third-order valence-electron chi connectivity index (χ3n) is 5.34. The molecule has 0 spiro atoms. The van der Waals surface area contributed by atoms with Gasteiger partial charge in [0.2, 0.25) is 0 Å². The van der Waals surface area contributed by atoms with Gasteiger partial charge in [0, 0.05) is 5.56 Å². The van der Waals surface area contributed by atoms with E-state index in [9.17, 15) is 25.9 Å². The lowest BCUT2D eigenvalue weighted by molar-refractivity contribution is 0.465. The molecule has 8 heteroatoms. The van der Waals surface area contributed by atoms with Crippen molar-refractivity contribution in [1.82, 2.24) is 0 Å². The summed E-state index contributed by atoms with van der Waals surface area (Å²) in [6.45, 7) is 2.18. The van der Waals surface area contributed by atoms with Gasteiger partial charge in [0.1, 0.15) is 9.79 Å². The maximum absolute atomic E-state index is 12.1. The van der Waals surface area contributed by atoms with Crippen molar-refractivity contribution in [2.75, 3.05) is 0 Å². The van der Waals surface area contributed by atoms with Crippen molar-refractivity contribution >= 4 is 20.2 Å². The topological polar surface area (TPSA) is 109 Å². The smallest absolute Gasteiger partial charge is 0.282 e. The molecule has 6 nitrogen and oxygen atoms in total. The van der Waals surface area contributed by atoms with Crippen molar-refractivity contribution < 1.29 is 25.9 Å². The van der Waals surface area contributed by atoms with Crippen LogP contribution in [0.4, 0.5) is 0 Å². The van der Waals surface area contributed by atoms with E-state index in [1.54, 1.807) is 30.3 Å². The molecule has 0 aliphatic heterocycles. The third kappa shape index (κ3) is 7.71. The summed E-state index contributed by atoms with van der Waals surface area (Å²) in [5.74, 6) is 0. The predicted octanol–water partition coefficient (Wildman–Crippen LogP) is 5.92. The lowest BCUT2D eigenvalue weighted by Crippen LogP contribution is -2.13. The SMILES string of the molecule is CCCCCCCCCCCc1ccc(-c2ccccc2)c(S(=O)(=O)O)c1S(=O)(=O)O. The number of aryl methyl sites for hydroxylation is 1. The molecule has 0 saturated carbocycles. The van der Waals surface area contributed by atoms with Crippen LogP contribution in [0.3, 0.4) is 0 Å². The van der Waals surface area contributed by atoms with E-state index >= 15 is 0 Å². The molecule has 0 aliphatic carbocycles. The summed E-state index contributed by atoms with van der Waals surface area (Å²) in [6.07, 6.45) is 10.1. The summed E-state index contributed by atoms with van der Waals surface area (Å²) in [4.78, 5) is -1.49. The molecule has 0 heterocycles. The second-order valence-electron chi connectivity index (χ2n) is 7.83.